The Morgan fingerprint density at radius 3 is 2.43 bits per heavy atom. The SMILES string of the molecule is O=C(O)c1cccnc1C(=O)Nc1ccc([N+](=O)[O-])cc1. The maximum atomic E-state index is 12.0. The number of anilines is 1. The molecule has 1 heterocycles. The first kappa shape index (κ1) is 14.1. The van der Waals surface area contributed by atoms with E-state index in [1.165, 1.54) is 42.6 Å². The van der Waals surface area contributed by atoms with Gasteiger partial charge in [0, 0.05) is 24.0 Å². The van der Waals surface area contributed by atoms with Gasteiger partial charge in [-0.15, -0.1) is 0 Å². The molecule has 2 N–H and O–H groups in total. The zero-order valence-corrected chi connectivity index (χ0v) is 10.5. The van der Waals surface area contributed by atoms with E-state index in [2.05, 4.69) is 10.3 Å². The van der Waals surface area contributed by atoms with E-state index in [0.29, 0.717) is 5.69 Å². The highest BCUT2D eigenvalue weighted by atomic mass is 16.6. The van der Waals surface area contributed by atoms with Crippen LogP contribution in [0.1, 0.15) is 20.8 Å². The van der Waals surface area contributed by atoms with Gasteiger partial charge in [0.1, 0.15) is 5.69 Å². The third kappa shape index (κ3) is 3.18. The van der Waals surface area contributed by atoms with Crippen molar-refractivity contribution in [2.24, 2.45) is 0 Å². The number of non-ortho nitro benzene ring substituents is 1. The Morgan fingerprint density at radius 1 is 1.19 bits per heavy atom. The molecule has 0 saturated carbocycles. The van der Waals surface area contributed by atoms with Crippen LogP contribution in [0, 0.1) is 10.1 Å². The fraction of sp³-hybridized carbons (Fsp3) is 0. The van der Waals surface area contributed by atoms with Gasteiger partial charge in [-0.3, -0.25) is 19.9 Å². The van der Waals surface area contributed by atoms with Crippen LogP contribution in [0.15, 0.2) is 42.6 Å². The number of pyridine rings is 1. The summed E-state index contributed by atoms with van der Waals surface area (Å²) in [6.45, 7) is 0. The molecule has 0 aliphatic heterocycles. The number of carbonyl (C=O) groups excluding carboxylic acids is 1. The quantitative estimate of drug-likeness (QED) is 0.654. The summed E-state index contributed by atoms with van der Waals surface area (Å²) < 4.78 is 0. The lowest BCUT2D eigenvalue weighted by Crippen LogP contribution is -2.18. The molecule has 0 spiro atoms. The van der Waals surface area contributed by atoms with Crippen molar-refractivity contribution in [2.45, 2.75) is 0 Å². The molecule has 0 aliphatic carbocycles. The van der Waals surface area contributed by atoms with Crippen LogP contribution in [0.2, 0.25) is 0 Å². The Hall–Kier alpha value is -3.29. The van der Waals surface area contributed by atoms with Crippen molar-refractivity contribution in [1.82, 2.24) is 4.98 Å². The van der Waals surface area contributed by atoms with Gasteiger partial charge < -0.3 is 10.4 Å². The fourth-order valence-electron chi connectivity index (χ4n) is 1.62. The van der Waals surface area contributed by atoms with E-state index in [4.69, 9.17) is 5.11 Å². The number of carboxylic acid groups (broad SMARTS) is 1. The molecular weight excluding hydrogens is 278 g/mol. The lowest BCUT2D eigenvalue weighted by molar-refractivity contribution is -0.384. The summed E-state index contributed by atoms with van der Waals surface area (Å²) >= 11 is 0. The topological polar surface area (TPSA) is 122 Å². The number of aromatic nitrogens is 1. The number of carbonyl (C=O) groups is 2. The highest BCUT2D eigenvalue weighted by molar-refractivity contribution is 6.09. The summed E-state index contributed by atoms with van der Waals surface area (Å²) in [5.41, 5.74) is -0.273. The van der Waals surface area contributed by atoms with Gasteiger partial charge >= 0.3 is 5.97 Å². The third-order valence-corrected chi connectivity index (χ3v) is 2.59. The third-order valence-electron chi connectivity index (χ3n) is 2.59. The van der Waals surface area contributed by atoms with Crippen molar-refractivity contribution in [3.63, 3.8) is 0 Å². The highest BCUT2D eigenvalue weighted by Crippen LogP contribution is 2.16. The van der Waals surface area contributed by atoms with Gasteiger partial charge in [-0.2, -0.15) is 0 Å². The van der Waals surface area contributed by atoms with Crippen molar-refractivity contribution in [1.29, 1.82) is 0 Å². The molecule has 2 rings (SSSR count). The number of benzene rings is 1. The minimum Gasteiger partial charge on any atom is -0.478 e. The largest absolute Gasteiger partial charge is 0.478 e. The van der Waals surface area contributed by atoms with Crippen molar-refractivity contribution < 1.29 is 19.6 Å². The number of rotatable bonds is 4. The Labute approximate surface area is 118 Å². The number of nitro groups is 1. The molecule has 21 heavy (non-hydrogen) atoms. The van der Waals surface area contributed by atoms with E-state index in [0.717, 1.165) is 0 Å². The Balaban J connectivity index is 2.22. The smallest absolute Gasteiger partial charge is 0.338 e. The molecule has 0 bridgehead atoms. The minimum atomic E-state index is -1.27. The van der Waals surface area contributed by atoms with E-state index in [9.17, 15) is 19.7 Å². The average Bonchev–Trinajstić information content (AvgIpc) is 2.47. The number of aromatic carboxylic acids is 1. The molecular formula is C13H9N3O5. The highest BCUT2D eigenvalue weighted by Gasteiger charge is 2.17. The van der Waals surface area contributed by atoms with Crippen LogP contribution in [-0.2, 0) is 0 Å². The summed E-state index contributed by atoms with van der Waals surface area (Å²) in [5.74, 6) is -1.97. The van der Waals surface area contributed by atoms with Crippen molar-refractivity contribution >= 4 is 23.3 Å². The molecule has 0 aliphatic rings. The molecule has 0 radical (unpaired) electrons. The van der Waals surface area contributed by atoms with Gasteiger partial charge in [0.15, 0.2) is 0 Å². The maximum absolute atomic E-state index is 12.0. The van der Waals surface area contributed by atoms with Crippen LogP contribution in [-0.4, -0.2) is 26.9 Å². The lowest BCUT2D eigenvalue weighted by atomic mass is 10.2. The monoisotopic (exact) mass is 287 g/mol. The molecule has 1 amide bonds. The van der Waals surface area contributed by atoms with Gasteiger partial charge in [0.05, 0.1) is 10.5 Å². The second kappa shape index (κ2) is 5.78. The second-order valence-electron chi connectivity index (χ2n) is 3.96. The number of carboxylic acids is 1. The van der Waals surface area contributed by atoms with Crippen LogP contribution in [0.4, 0.5) is 11.4 Å². The van der Waals surface area contributed by atoms with E-state index < -0.39 is 16.8 Å². The number of nitrogens with zero attached hydrogens (tertiary/aromatic N) is 2. The van der Waals surface area contributed by atoms with Crippen LogP contribution >= 0.6 is 0 Å². The molecule has 8 nitrogen and oxygen atoms in total. The minimum absolute atomic E-state index is 0.114. The number of nitro benzene ring substituents is 1. The summed E-state index contributed by atoms with van der Waals surface area (Å²) in [6.07, 6.45) is 1.30. The molecule has 0 unspecified atom stereocenters. The first-order valence-corrected chi connectivity index (χ1v) is 5.73. The molecule has 1 aromatic carbocycles. The standard InChI is InChI=1S/C13H9N3O5/c17-12(11-10(13(18)19)2-1-7-14-11)15-8-3-5-9(6-4-8)16(20)21/h1-7H,(H,15,17)(H,18,19). The van der Waals surface area contributed by atoms with E-state index in [1.54, 1.807) is 0 Å². The van der Waals surface area contributed by atoms with Gasteiger partial charge in [-0.25, -0.2) is 4.79 Å². The maximum Gasteiger partial charge on any atom is 0.338 e. The first-order valence-electron chi connectivity index (χ1n) is 5.73. The van der Waals surface area contributed by atoms with Crippen molar-refractivity contribution in [3.8, 4) is 0 Å². The lowest BCUT2D eigenvalue weighted by Gasteiger charge is -2.06. The van der Waals surface area contributed by atoms with Crippen molar-refractivity contribution in [3.05, 3.63) is 64.0 Å². The first-order chi connectivity index (χ1) is 9.99. The fourth-order valence-corrected chi connectivity index (χ4v) is 1.62. The zero-order chi connectivity index (χ0) is 15.4. The number of hydrogen-bond donors (Lipinski definition) is 2. The summed E-state index contributed by atoms with van der Waals surface area (Å²) in [5, 5.41) is 21.9. The van der Waals surface area contributed by atoms with E-state index in [1.807, 2.05) is 0 Å². The van der Waals surface area contributed by atoms with E-state index in [-0.39, 0.29) is 16.9 Å². The van der Waals surface area contributed by atoms with Gasteiger partial charge in [0.2, 0.25) is 0 Å². The number of amides is 1. The van der Waals surface area contributed by atoms with Crippen LogP contribution in [0.25, 0.3) is 0 Å². The normalized spacial score (nSPS) is 9.90. The zero-order valence-electron chi connectivity index (χ0n) is 10.5. The predicted molar refractivity (Wildman–Crippen MR) is 72.2 cm³/mol. The Kier molecular flexibility index (Phi) is 3.89. The van der Waals surface area contributed by atoms with Crippen molar-refractivity contribution in [2.75, 3.05) is 5.32 Å². The summed E-state index contributed by atoms with van der Waals surface area (Å²) in [7, 11) is 0. The molecule has 0 atom stereocenters. The van der Waals surface area contributed by atoms with Gasteiger partial charge in [-0.05, 0) is 24.3 Å². The van der Waals surface area contributed by atoms with E-state index >= 15 is 0 Å². The van der Waals surface area contributed by atoms with Crippen LogP contribution in [0.5, 0.6) is 0 Å². The Morgan fingerprint density at radius 2 is 1.86 bits per heavy atom. The average molecular weight is 287 g/mol. The number of hydrogen-bond acceptors (Lipinski definition) is 5. The summed E-state index contributed by atoms with van der Waals surface area (Å²) in [4.78, 5) is 36.7. The van der Waals surface area contributed by atoms with Gasteiger partial charge in [0.25, 0.3) is 11.6 Å². The van der Waals surface area contributed by atoms with Crippen LogP contribution in [0.3, 0.4) is 0 Å². The summed E-state index contributed by atoms with van der Waals surface area (Å²) in [6, 6.07) is 7.82. The Bertz CT molecular complexity index is 712. The molecule has 0 fully saturated rings. The molecule has 0 saturated heterocycles. The molecule has 8 heteroatoms. The molecule has 2 aromatic rings. The second-order valence-corrected chi connectivity index (χ2v) is 3.96. The predicted octanol–water partition coefficient (Wildman–Crippen LogP) is 1.94. The molecule has 1 aromatic heterocycles. The number of nitrogens with one attached hydrogen (secondary N) is 1. The van der Waals surface area contributed by atoms with Gasteiger partial charge in [-0.1, -0.05) is 0 Å². The van der Waals surface area contributed by atoms with Crippen LogP contribution < -0.4 is 5.32 Å². The molecule has 106 valence electrons.